The van der Waals surface area contributed by atoms with Crippen molar-refractivity contribution in [2.45, 2.75) is 86.3 Å². The zero-order valence-electron chi connectivity index (χ0n) is 24.4. The van der Waals surface area contributed by atoms with Crippen LogP contribution in [0.25, 0.3) is 16.8 Å². The molecule has 1 aliphatic carbocycles. The Balaban J connectivity index is 0.000000757. The number of benzene rings is 2. The molecule has 2 aromatic carbocycles. The second-order valence-corrected chi connectivity index (χ2v) is 11.5. The van der Waals surface area contributed by atoms with Gasteiger partial charge in [0.2, 0.25) is 0 Å². The first-order valence-corrected chi connectivity index (χ1v) is 13.3. The number of ether oxygens (including phenoxy) is 3. The zero-order chi connectivity index (χ0) is 28.7. The van der Waals surface area contributed by atoms with Crippen LogP contribution in [0.3, 0.4) is 0 Å². The van der Waals surface area contributed by atoms with Crippen LogP contribution in [0.2, 0.25) is 0 Å². The Morgan fingerprint density at radius 3 is 2.24 bits per heavy atom. The third kappa shape index (κ3) is 8.38. The molecule has 2 atom stereocenters. The number of aliphatic hydroxyl groups is 1. The van der Waals surface area contributed by atoms with Crippen molar-refractivity contribution >= 4 is 28.8 Å². The van der Waals surface area contributed by atoms with Crippen LogP contribution in [-0.4, -0.2) is 42.5 Å². The fraction of sp³-hybridized carbons (Fsp3) is 0.548. The maximum Gasteiger partial charge on any atom is 0.329 e. The van der Waals surface area contributed by atoms with Gasteiger partial charge in [0.1, 0.15) is 6.04 Å². The van der Waals surface area contributed by atoms with Crippen LogP contribution in [-0.2, 0) is 20.7 Å². The summed E-state index contributed by atoms with van der Waals surface area (Å²) in [4.78, 5) is 25.2. The van der Waals surface area contributed by atoms with Crippen LogP contribution < -0.4 is 14.8 Å². The largest absolute Gasteiger partial charge is 0.422 e. The molecule has 7 nitrogen and oxygen atoms in total. The van der Waals surface area contributed by atoms with Crippen molar-refractivity contribution in [3.05, 3.63) is 41.5 Å². The number of aliphatic hydroxyl groups excluding tert-OH is 1. The second-order valence-electron chi connectivity index (χ2n) is 11.5. The van der Waals surface area contributed by atoms with E-state index in [2.05, 4.69) is 31.3 Å². The molecule has 210 valence electrons. The van der Waals surface area contributed by atoms with Crippen LogP contribution in [0.5, 0.6) is 11.5 Å². The molecule has 7 heteroatoms. The monoisotopic (exact) mass is 527 g/mol. The molecule has 0 saturated heterocycles. The number of methoxy groups -OCH3 is 1. The van der Waals surface area contributed by atoms with E-state index in [1.165, 1.54) is 6.92 Å². The normalized spacial score (nSPS) is 15.9. The molecule has 0 spiro atoms. The predicted octanol–water partition coefficient (Wildman–Crippen LogP) is 6.04. The minimum Gasteiger partial charge on any atom is -0.422 e. The Morgan fingerprint density at radius 2 is 1.71 bits per heavy atom. The van der Waals surface area contributed by atoms with Crippen LogP contribution in [0, 0.1) is 11.3 Å². The Morgan fingerprint density at radius 1 is 1.11 bits per heavy atom. The minimum atomic E-state index is -0.688. The van der Waals surface area contributed by atoms with Crippen molar-refractivity contribution in [2.75, 3.05) is 13.8 Å². The maximum absolute atomic E-state index is 13.2. The molecule has 0 aliphatic heterocycles. The molecule has 0 aromatic heterocycles. The van der Waals surface area contributed by atoms with Gasteiger partial charge in [-0.2, -0.15) is 0 Å². The van der Waals surface area contributed by atoms with Crippen molar-refractivity contribution in [1.29, 1.82) is 0 Å². The quantitative estimate of drug-likeness (QED) is 0.257. The number of fused-ring (bicyclic) bond motifs is 3. The Bertz CT molecular complexity index is 1150. The van der Waals surface area contributed by atoms with E-state index in [-0.39, 0.29) is 29.4 Å². The molecule has 0 fully saturated rings. The molecule has 0 radical (unpaired) electrons. The van der Waals surface area contributed by atoms with Crippen LogP contribution >= 0.6 is 0 Å². The molecule has 2 aromatic rings. The number of carbonyl (C=O) groups excluding carboxylic acids is 2. The molecule has 2 N–H and O–H groups in total. The first-order valence-electron chi connectivity index (χ1n) is 13.3. The van der Waals surface area contributed by atoms with E-state index in [0.29, 0.717) is 17.6 Å². The highest BCUT2D eigenvalue weighted by atomic mass is 16.6. The summed E-state index contributed by atoms with van der Waals surface area (Å²) >= 11 is 0. The maximum atomic E-state index is 13.2. The lowest BCUT2D eigenvalue weighted by Crippen LogP contribution is -2.44. The van der Waals surface area contributed by atoms with Gasteiger partial charge in [-0.1, -0.05) is 70.5 Å². The first kappa shape index (κ1) is 31.5. The number of nitrogens with one attached hydrogen (secondary N) is 1. The predicted molar refractivity (Wildman–Crippen MR) is 152 cm³/mol. The molecule has 0 heterocycles. The van der Waals surface area contributed by atoms with E-state index in [1.807, 2.05) is 58.9 Å². The topological polar surface area (TPSA) is 94.1 Å². The highest BCUT2D eigenvalue weighted by molar-refractivity contribution is 6.01. The lowest BCUT2D eigenvalue weighted by molar-refractivity contribution is -0.139. The number of rotatable bonds is 7. The molecular formula is C31H45NO6. The van der Waals surface area contributed by atoms with Gasteiger partial charge < -0.3 is 19.3 Å². The van der Waals surface area contributed by atoms with E-state index >= 15 is 0 Å². The average molecular weight is 528 g/mol. The summed E-state index contributed by atoms with van der Waals surface area (Å²) in [6, 6.07) is 6.98. The van der Waals surface area contributed by atoms with Gasteiger partial charge in [0.15, 0.2) is 11.5 Å². The second kappa shape index (κ2) is 13.4. The number of esters is 2. The SMILES string of the molecule is CCC(C)C(NCO)C(=O)Oc1c(OC(C)=O)c2c(c3ccccc13)C=CC(C)(C)CC2.COC(C)(C)C. The van der Waals surface area contributed by atoms with Crippen molar-refractivity contribution in [3.8, 4) is 11.5 Å². The number of allylic oxidation sites excluding steroid dienone is 1. The van der Waals surface area contributed by atoms with Crippen molar-refractivity contribution in [2.24, 2.45) is 11.3 Å². The minimum absolute atomic E-state index is 0.0167. The van der Waals surface area contributed by atoms with E-state index in [1.54, 1.807) is 7.11 Å². The van der Waals surface area contributed by atoms with E-state index in [0.717, 1.165) is 29.4 Å². The van der Waals surface area contributed by atoms with Gasteiger partial charge >= 0.3 is 11.9 Å². The Labute approximate surface area is 227 Å². The highest BCUT2D eigenvalue weighted by Crippen LogP contribution is 2.46. The van der Waals surface area contributed by atoms with Crippen molar-refractivity contribution in [3.63, 3.8) is 0 Å². The summed E-state index contributed by atoms with van der Waals surface area (Å²) < 4.78 is 16.6. The molecular weight excluding hydrogens is 482 g/mol. The fourth-order valence-electron chi connectivity index (χ4n) is 4.11. The molecule has 0 amide bonds. The van der Waals surface area contributed by atoms with Gasteiger partial charge in [0.25, 0.3) is 0 Å². The van der Waals surface area contributed by atoms with Gasteiger partial charge in [-0.15, -0.1) is 0 Å². The van der Waals surface area contributed by atoms with E-state index < -0.39 is 18.0 Å². The molecule has 38 heavy (non-hydrogen) atoms. The summed E-state index contributed by atoms with van der Waals surface area (Å²) in [6.45, 7) is 15.3. The molecule has 3 rings (SSSR count). The summed E-state index contributed by atoms with van der Waals surface area (Å²) in [7, 11) is 1.71. The highest BCUT2D eigenvalue weighted by Gasteiger charge is 2.31. The van der Waals surface area contributed by atoms with Crippen molar-refractivity contribution < 1.29 is 28.9 Å². The van der Waals surface area contributed by atoms with Gasteiger partial charge in [-0.3, -0.25) is 10.1 Å². The zero-order valence-corrected chi connectivity index (χ0v) is 24.4. The molecule has 2 unspecified atom stereocenters. The van der Waals surface area contributed by atoms with Crippen LogP contribution in [0.1, 0.15) is 79.4 Å². The Hall–Kier alpha value is -2.74. The summed E-state index contributed by atoms with van der Waals surface area (Å²) in [5, 5.41) is 13.8. The summed E-state index contributed by atoms with van der Waals surface area (Å²) in [5.41, 5.74) is 1.87. The molecule has 0 saturated carbocycles. The first-order chi connectivity index (χ1) is 17.7. The van der Waals surface area contributed by atoms with Gasteiger partial charge in [0, 0.05) is 25.0 Å². The molecule has 1 aliphatic rings. The van der Waals surface area contributed by atoms with Gasteiger partial charge in [-0.05, 0) is 55.9 Å². The Kier molecular flexibility index (Phi) is 11.1. The standard InChI is InChI=1S/C26H33NO5.C5H12O/c1-6-16(2)22(27-15-28)25(30)32-24-20-10-8-7-9-18(20)19-11-13-26(4,5)14-12-21(19)23(24)31-17(3)29;1-5(2,3)6-4/h7-11,13,16,22,27-28H,6,12,14-15H2,1-5H3;1-4H3. The van der Waals surface area contributed by atoms with Crippen molar-refractivity contribution in [1.82, 2.24) is 5.32 Å². The number of hydrogen-bond acceptors (Lipinski definition) is 7. The summed E-state index contributed by atoms with van der Waals surface area (Å²) in [5.74, 6) is -0.493. The smallest absolute Gasteiger partial charge is 0.329 e. The number of hydrogen-bond donors (Lipinski definition) is 2. The van der Waals surface area contributed by atoms with Gasteiger partial charge in [-0.25, -0.2) is 4.79 Å². The van der Waals surface area contributed by atoms with E-state index in [9.17, 15) is 14.7 Å². The summed E-state index contributed by atoms with van der Waals surface area (Å²) in [6.07, 6.45) is 6.53. The lowest BCUT2D eigenvalue weighted by atomic mass is 9.87. The third-order valence-corrected chi connectivity index (χ3v) is 6.83. The lowest BCUT2D eigenvalue weighted by Gasteiger charge is -2.24. The molecule has 0 bridgehead atoms. The van der Waals surface area contributed by atoms with Crippen LogP contribution in [0.4, 0.5) is 0 Å². The van der Waals surface area contributed by atoms with Crippen LogP contribution in [0.15, 0.2) is 30.3 Å². The third-order valence-electron chi connectivity index (χ3n) is 6.83. The average Bonchev–Trinajstić information content (AvgIpc) is 3.01. The van der Waals surface area contributed by atoms with Gasteiger partial charge in [0.05, 0.1) is 12.3 Å². The fourth-order valence-corrected chi connectivity index (χ4v) is 4.11. The number of carbonyl (C=O) groups is 2. The van der Waals surface area contributed by atoms with E-state index in [4.69, 9.17) is 14.2 Å².